The Bertz CT molecular complexity index is 1060. The van der Waals surface area contributed by atoms with Crippen LogP contribution in [0.5, 0.6) is 23.0 Å². The lowest BCUT2D eigenvalue weighted by atomic mass is 9.78. The van der Waals surface area contributed by atoms with Crippen molar-refractivity contribution in [2.24, 2.45) is 0 Å². The third kappa shape index (κ3) is 3.11. The number of hydrogen-bond acceptors (Lipinski definition) is 4. The van der Waals surface area contributed by atoms with Gasteiger partial charge in [-0.3, -0.25) is 0 Å². The molecule has 29 heavy (non-hydrogen) atoms. The van der Waals surface area contributed by atoms with E-state index in [9.17, 15) is 0 Å². The van der Waals surface area contributed by atoms with Crippen LogP contribution in [-0.2, 0) is 9.31 Å². The summed E-state index contributed by atoms with van der Waals surface area (Å²) < 4.78 is 24.3. The van der Waals surface area contributed by atoms with E-state index < -0.39 is 0 Å². The molecule has 0 unspecified atom stereocenters. The maximum atomic E-state index is 6.14. The van der Waals surface area contributed by atoms with Crippen molar-refractivity contribution < 1.29 is 18.8 Å². The maximum absolute atomic E-state index is 6.14. The monoisotopic (exact) mass is 386 g/mol. The van der Waals surface area contributed by atoms with Gasteiger partial charge in [0.15, 0.2) is 23.0 Å². The summed E-state index contributed by atoms with van der Waals surface area (Å²) in [5.74, 6) is 2.91. The molecule has 2 heterocycles. The Morgan fingerprint density at radius 3 is 1.72 bits per heavy atom. The van der Waals surface area contributed by atoms with Crippen molar-refractivity contribution >= 4 is 12.6 Å². The molecule has 146 valence electrons. The predicted octanol–water partition coefficient (Wildman–Crippen LogP) is 5.55. The lowest BCUT2D eigenvalue weighted by molar-refractivity contribution is 0.00578. The molecule has 4 nitrogen and oxygen atoms in total. The summed E-state index contributed by atoms with van der Waals surface area (Å²) in [5.41, 5.74) is 2.48. The average molecular weight is 386 g/mol. The highest BCUT2D eigenvalue weighted by atomic mass is 16.7. The van der Waals surface area contributed by atoms with E-state index in [1.54, 1.807) is 0 Å². The van der Waals surface area contributed by atoms with Crippen LogP contribution >= 0.6 is 0 Å². The molecule has 0 spiro atoms. The summed E-state index contributed by atoms with van der Waals surface area (Å²) in [5, 5.41) is 0. The SMILES string of the molecule is CC1(C)OB(c2ccc(-c3ccc4c(c3)Oc3ccccc3O4)cc2)OC1(C)C. The van der Waals surface area contributed by atoms with Gasteiger partial charge in [0.05, 0.1) is 11.2 Å². The highest BCUT2D eigenvalue weighted by molar-refractivity contribution is 6.62. The third-order valence-electron chi connectivity index (χ3n) is 6.00. The van der Waals surface area contributed by atoms with Gasteiger partial charge in [0.1, 0.15) is 0 Å². The molecule has 3 aromatic carbocycles. The summed E-state index contributed by atoms with van der Waals surface area (Å²) in [6.07, 6.45) is 0. The molecule has 2 aliphatic rings. The number of para-hydroxylation sites is 2. The Balaban J connectivity index is 1.39. The fraction of sp³-hybridized carbons (Fsp3) is 0.250. The van der Waals surface area contributed by atoms with Gasteiger partial charge in [-0.15, -0.1) is 0 Å². The number of hydrogen-bond donors (Lipinski definition) is 0. The zero-order chi connectivity index (χ0) is 20.2. The van der Waals surface area contributed by atoms with Gasteiger partial charge in [0, 0.05) is 0 Å². The van der Waals surface area contributed by atoms with Crippen LogP contribution in [-0.4, -0.2) is 18.3 Å². The van der Waals surface area contributed by atoms with Crippen molar-refractivity contribution in [2.75, 3.05) is 0 Å². The first-order chi connectivity index (χ1) is 13.8. The van der Waals surface area contributed by atoms with Crippen LogP contribution in [0.25, 0.3) is 11.1 Å². The molecule has 2 aliphatic heterocycles. The first kappa shape index (κ1) is 18.3. The smallest absolute Gasteiger partial charge is 0.450 e. The lowest BCUT2D eigenvalue weighted by Gasteiger charge is -2.32. The largest absolute Gasteiger partial charge is 0.494 e. The standard InChI is InChI=1S/C24H23BO4/c1-23(2)24(3,4)29-25(28-23)18-12-9-16(10-13-18)17-11-14-21-22(15-17)27-20-8-6-5-7-19(20)26-21/h5-15H,1-4H3. The zero-order valence-electron chi connectivity index (χ0n) is 17.1. The van der Waals surface area contributed by atoms with Crippen molar-refractivity contribution in [3.05, 3.63) is 66.7 Å². The van der Waals surface area contributed by atoms with Crippen molar-refractivity contribution in [1.29, 1.82) is 0 Å². The fourth-order valence-corrected chi connectivity index (χ4v) is 3.52. The van der Waals surface area contributed by atoms with Crippen LogP contribution in [0.4, 0.5) is 0 Å². The van der Waals surface area contributed by atoms with Crippen LogP contribution < -0.4 is 14.9 Å². The predicted molar refractivity (Wildman–Crippen MR) is 114 cm³/mol. The van der Waals surface area contributed by atoms with Crippen molar-refractivity contribution in [2.45, 2.75) is 38.9 Å². The van der Waals surface area contributed by atoms with E-state index in [1.165, 1.54) is 0 Å². The molecule has 1 saturated heterocycles. The quantitative estimate of drug-likeness (QED) is 0.423. The van der Waals surface area contributed by atoms with Crippen LogP contribution in [0.2, 0.25) is 0 Å². The molecular formula is C24H23BO4. The molecule has 3 aromatic rings. The molecule has 0 N–H and O–H groups in total. The van der Waals surface area contributed by atoms with Gasteiger partial charge in [-0.25, -0.2) is 0 Å². The van der Waals surface area contributed by atoms with Gasteiger partial charge < -0.3 is 18.8 Å². The van der Waals surface area contributed by atoms with Crippen LogP contribution in [0.1, 0.15) is 27.7 Å². The van der Waals surface area contributed by atoms with E-state index in [0.29, 0.717) is 0 Å². The minimum atomic E-state index is -0.356. The summed E-state index contributed by atoms with van der Waals surface area (Å²) in [4.78, 5) is 0. The lowest BCUT2D eigenvalue weighted by Crippen LogP contribution is -2.41. The second-order valence-corrected chi connectivity index (χ2v) is 8.52. The molecule has 5 heteroatoms. The van der Waals surface area contributed by atoms with Gasteiger partial charge in [0.25, 0.3) is 0 Å². The van der Waals surface area contributed by atoms with Gasteiger partial charge >= 0.3 is 7.12 Å². The number of ether oxygens (including phenoxy) is 2. The minimum absolute atomic E-state index is 0.345. The highest BCUT2D eigenvalue weighted by Crippen LogP contribution is 2.46. The Labute approximate surface area is 171 Å². The highest BCUT2D eigenvalue weighted by Gasteiger charge is 2.51. The van der Waals surface area contributed by atoms with Crippen molar-refractivity contribution in [3.63, 3.8) is 0 Å². The molecule has 0 amide bonds. The first-order valence-corrected chi connectivity index (χ1v) is 9.87. The van der Waals surface area contributed by atoms with E-state index in [-0.39, 0.29) is 18.3 Å². The van der Waals surface area contributed by atoms with Crippen LogP contribution in [0.3, 0.4) is 0 Å². The molecule has 0 aliphatic carbocycles. The summed E-state index contributed by atoms with van der Waals surface area (Å²) >= 11 is 0. The van der Waals surface area contributed by atoms with E-state index in [4.69, 9.17) is 18.8 Å². The topological polar surface area (TPSA) is 36.9 Å². The summed E-state index contributed by atoms with van der Waals surface area (Å²) in [6.45, 7) is 8.26. The molecule has 0 bridgehead atoms. The van der Waals surface area contributed by atoms with Gasteiger partial charge in [-0.1, -0.05) is 42.5 Å². The Morgan fingerprint density at radius 1 is 0.586 bits per heavy atom. The molecule has 0 saturated carbocycles. The Morgan fingerprint density at radius 2 is 1.10 bits per heavy atom. The third-order valence-corrected chi connectivity index (χ3v) is 6.00. The summed E-state index contributed by atoms with van der Waals surface area (Å²) in [7, 11) is -0.356. The number of fused-ring (bicyclic) bond motifs is 2. The second-order valence-electron chi connectivity index (χ2n) is 8.52. The van der Waals surface area contributed by atoms with Gasteiger partial charge in [-0.2, -0.15) is 0 Å². The average Bonchev–Trinajstić information content (AvgIpc) is 2.93. The Hall–Kier alpha value is -2.76. The molecular weight excluding hydrogens is 363 g/mol. The van der Waals surface area contributed by atoms with Crippen LogP contribution in [0.15, 0.2) is 66.7 Å². The second kappa shape index (κ2) is 6.38. The zero-order valence-corrected chi connectivity index (χ0v) is 17.1. The maximum Gasteiger partial charge on any atom is 0.494 e. The fourth-order valence-electron chi connectivity index (χ4n) is 3.52. The molecule has 5 rings (SSSR count). The number of benzene rings is 3. The van der Waals surface area contributed by atoms with E-state index in [2.05, 4.69) is 52.0 Å². The molecule has 0 aromatic heterocycles. The Kier molecular flexibility index (Phi) is 4.02. The number of rotatable bonds is 2. The van der Waals surface area contributed by atoms with Crippen LogP contribution in [0, 0.1) is 0 Å². The van der Waals surface area contributed by atoms with Crippen molar-refractivity contribution in [3.8, 4) is 34.1 Å². The van der Waals surface area contributed by atoms with E-state index in [1.807, 2.05) is 42.5 Å². The molecule has 0 atom stereocenters. The molecule has 1 fully saturated rings. The molecule has 0 radical (unpaired) electrons. The first-order valence-electron chi connectivity index (χ1n) is 9.87. The summed E-state index contributed by atoms with van der Waals surface area (Å²) in [6, 6.07) is 22.0. The normalized spacial score (nSPS) is 18.4. The van der Waals surface area contributed by atoms with E-state index in [0.717, 1.165) is 39.6 Å². The van der Waals surface area contributed by atoms with Crippen molar-refractivity contribution in [1.82, 2.24) is 0 Å². The van der Waals surface area contributed by atoms with E-state index >= 15 is 0 Å². The van der Waals surface area contributed by atoms with Gasteiger partial charge in [0.2, 0.25) is 0 Å². The minimum Gasteiger partial charge on any atom is -0.450 e. The van der Waals surface area contributed by atoms with Gasteiger partial charge in [-0.05, 0) is 68.6 Å².